The zero-order chi connectivity index (χ0) is 22.9. The van der Waals surface area contributed by atoms with Gasteiger partial charge in [-0.15, -0.1) is 0 Å². The molecule has 1 heterocycles. The van der Waals surface area contributed by atoms with Crippen LogP contribution in [0, 0.1) is 11.8 Å². The third kappa shape index (κ3) is 4.22. The number of methoxy groups -OCH3 is 1. The van der Waals surface area contributed by atoms with Crippen molar-refractivity contribution in [1.82, 2.24) is 5.32 Å². The third-order valence-corrected chi connectivity index (χ3v) is 6.07. The number of benzene rings is 1. The molecule has 0 fully saturated rings. The summed E-state index contributed by atoms with van der Waals surface area (Å²) in [5.74, 6) is -3.25. The number of phenolic OH excluding ortho intramolecular Hbond substituents is 1. The zero-order valence-electron chi connectivity index (χ0n) is 18.5. The number of hydrogen-bond acceptors (Lipinski definition) is 7. The summed E-state index contributed by atoms with van der Waals surface area (Å²) in [7, 11) is 1.27. The molecule has 2 N–H and O–H groups in total. The normalized spacial score (nSPS) is 24.3. The average Bonchev–Trinajstić information content (AvgIpc) is 2.72. The van der Waals surface area contributed by atoms with Gasteiger partial charge in [-0.3, -0.25) is 9.59 Å². The van der Waals surface area contributed by atoms with Gasteiger partial charge < -0.3 is 19.9 Å². The summed E-state index contributed by atoms with van der Waals surface area (Å²) in [6.45, 7) is 7.35. The number of phenols is 1. The van der Waals surface area contributed by atoms with E-state index in [2.05, 4.69) is 5.32 Å². The van der Waals surface area contributed by atoms with Crippen LogP contribution in [0.3, 0.4) is 0 Å². The van der Waals surface area contributed by atoms with E-state index in [1.54, 1.807) is 19.1 Å². The van der Waals surface area contributed by atoms with Gasteiger partial charge in [0, 0.05) is 22.9 Å². The van der Waals surface area contributed by atoms with Gasteiger partial charge in [0.05, 0.1) is 18.8 Å². The number of allylic oxidation sites excluding steroid dienone is 3. The van der Waals surface area contributed by atoms with Crippen LogP contribution in [-0.4, -0.2) is 36.0 Å². The molecule has 0 unspecified atom stereocenters. The molecule has 0 saturated heterocycles. The van der Waals surface area contributed by atoms with Gasteiger partial charge in [0.2, 0.25) is 0 Å². The first-order valence-electron chi connectivity index (χ1n) is 10.5. The summed E-state index contributed by atoms with van der Waals surface area (Å²) in [6, 6.07) is 6.38. The van der Waals surface area contributed by atoms with Crippen LogP contribution in [0.15, 0.2) is 46.8 Å². The first-order chi connectivity index (χ1) is 14.7. The lowest BCUT2D eigenvalue weighted by molar-refractivity contribution is -0.151. The van der Waals surface area contributed by atoms with Crippen LogP contribution in [0.4, 0.5) is 0 Å². The summed E-state index contributed by atoms with van der Waals surface area (Å²) in [5.41, 5.74) is 2.68. The van der Waals surface area contributed by atoms with Gasteiger partial charge in [-0.1, -0.05) is 26.0 Å². The SMILES string of the molecule is CC[C@@H](C)OC(=O)C1=C(C)NC2=C(C(=O)[C@@H](C(=O)OC)[C@@H](C)C2)[C@@H]1c1ccc(O)cc1. The molecule has 31 heavy (non-hydrogen) atoms. The van der Waals surface area contributed by atoms with E-state index in [0.717, 1.165) is 0 Å². The second kappa shape index (κ2) is 8.96. The molecule has 1 aromatic rings. The van der Waals surface area contributed by atoms with Crippen molar-refractivity contribution < 1.29 is 29.0 Å². The minimum atomic E-state index is -0.935. The van der Waals surface area contributed by atoms with Gasteiger partial charge in [0.1, 0.15) is 11.7 Å². The topological polar surface area (TPSA) is 102 Å². The van der Waals surface area contributed by atoms with E-state index in [1.807, 2.05) is 20.8 Å². The molecule has 0 aromatic heterocycles. The molecule has 1 aliphatic carbocycles. The Balaban J connectivity index is 2.15. The number of nitrogens with one attached hydrogen (secondary N) is 1. The lowest BCUT2D eigenvalue weighted by Crippen LogP contribution is -2.43. The van der Waals surface area contributed by atoms with Crippen LogP contribution in [0.5, 0.6) is 5.75 Å². The number of hydrogen-bond donors (Lipinski definition) is 2. The smallest absolute Gasteiger partial charge is 0.337 e. The second-order valence-electron chi connectivity index (χ2n) is 8.25. The minimum Gasteiger partial charge on any atom is -0.508 e. The highest BCUT2D eigenvalue weighted by atomic mass is 16.5. The molecule has 1 aromatic carbocycles. The highest BCUT2D eigenvalue weighted by Gasteiger charge is 2.47. The molecule has 7 heteroatoms. The molecule has 2 aliphatic rings. The third-order valence-electron chi connectivity index (χ3n) is 6.07. The number of carbonyl (C=O) groups excluding carboxylic acids is 3. The maximum absolute atomic E-state index is 13.6. The van der Waals surface area contributed by atoms with Crippen LogP contribution in [-0.2, 0) is 23.9 Å². The summed E-state index contributed by atoms with van der Waals surface area (Å²) < 4.78 is 10.5. The van der Waals surface area contributed by atoms with Gasteiger partial charge in [0.25, 0.3) is 0 Å². The number of ketones is 1. The Labute approximate surface area is 182 Å². The maximum atomic E-state index is 13.6. The van der Waals surface area contributed by atoms with Crippen molar-refractivity contribution in [2.45, 2.75) is 52.6 Å². The van der Waals surface area contributed by atoms with E-state index in [4.69, 9.17) is 9.47 Å². The Morgan fingerprint density at radius 1 is 1.26 bits per heavy atom. The molecular weight excluding hydrogens is 398 g/mol. The molecule has 7 nitrogen and oxygen atoms in total. The molecule has 1 aliphatic heterocycles. The number of aromatic hydroxyl groups is 1. The van der Waals surface area contributed by atoms with Crippen LogP contribution in [0.1, 0.15) is 52.0 Å². The quantitative estimate of drug-likeness (QED) is 0.549. The van der Waals surface area contributed by atoms with Crippen LogP contribution >= 0.6 is 0 Å². The Hall–Kier alpha value is -3.09. The Morgan fingerprint density at radius 3 is 2.48 bits per heavy atom. The molecule has 0 spiro atoms. The Morgan fingerprint density at radius 2 is 1.90 bits per heavy atom. The number of Topliss-reactive ketones (excluding diaryl/α,β-unsaturated/α-hetero) is 1. The predicted octanol–water partition coefficient (Wildman–Crippen LogP) is 3.35. The van der Waals surface area contributed by atoms with Crippen molar-refractivity contribution in [2.75, 3.05) is 7.11 Å². The average molecular weight is 427 g/mol. The lowest BCUT2D eigenvalue weighted by atomic mass is 9.69. The highest BCUT2D eigenvalue weighted by Crippen LogP contribution is 2.45. The first-order valence-corrected chi connectivity index (χ1v) is 10.5. The summed E-state index contributed by atoms with van der Waals surface area (Å²) in [6.07, 6.45) is 0.846. The van der Waals surface area contributed by atoms with E-state index < -0.39 is 23.8 Å². The van der Waals surface area contributed by atoms with Crippen LogP contribution < -0.4 is 5.32 Å². The van der Waals surface area contributed by atoms with Crippen molar-refractivity contribution in [3.8, 4) is 5.75 Å². The zero-order valence-corrected chi connectivity index (χ0v) is 18.5. The largest absolute Gasteiger partial charge is 0.508 e. The van der Waals surface area contributed by atoms with Gasteiger partial charge in [-0.25, -0.2) is 4.79 Å². The fourth-order valence-corrected chi connectivity index (χ4v) is 4.28. The molecule has 0 radical (unpaired) electrons. The number of rotatable bonds is 5. The fourth-order valence-electron chi connectivity index (χ4n) is 4.28. The van der Waals surface area contributed by atoms with E-state index in [1.165, 1.54) is 19.2 Å². The van der Waals surface area contributed by atoms with Gasteiger partial charge in [-0.2, -0.15) is 0 Å². The second-order valence-corrected chi connectivity index (χ2v) is 8.25. The molecule has 3 rings (SSSR count). The van der Waals surface area contributed by atoms with E-state index in [0.29, 0.717) is 40.9 Å². The van der Waals surface area contributed by atoms with Crippen molar-refractivity contribution in [3.63, 3.8) is 0 Å². The molecule has 0 saturated carbocycles. The monoisotopic (exact) mass is 427 g/mol. The molecule has 4 atom stereocenters. The van der Waals surface area contributed by atoms with Crippen molar-refractivity contribution in [3.05, 3.63) is 52.4 Å². The van der Waals surface area contributed by atoms with E-state index in [9.17, 15) is 19.5 Å². The number of ether oxygens (including phenoxy) is 2. The Bertz CT molecular complexity index is 959. The number of carbonyl (C=O) groups is 3. The minimum absolute atomic E-state index is 0.0763. The first kappa shape index (κ1) is 22.6. The maximum Gasteiger partial charge on any atom is 0.337 e. The van der Waals surface area contributed by atoms with E-state index in [-0.39, 0.29) is 23.6 Å². The number of esters is 2. The van der Waals surface area contributed by atoms with Gasteiger partial charge >= 0.3 is 11.9 Å². The standard InChI is InChI=1S/C24H29NO6/c1-6-13(3)31-24(29)19-14(4)25-17-11-12(2)18(23(28)30-5)22(27)21(17)20(19)15-7-9-16(26)10-8-15/h7-10,12-13,18,20,25-26H,6,11H2,1-5H3/t12-,13+,18-,20+/m0/s1. The van der Waals surface area contributed by atoms with Crippen LogP contribution in [0.25, 0.3) is 0 Å². The fraction of sp³-hybridized carbons (Fsp3) is 0.458. The highest BCUT2D eigenvalue weighted by molar-refractivity contribution is 6.12. The molecule has 166 valence electrons. The number of dihydropyridines is 1. The lowest BCUT2D eigenvalue weighted by Gasteiger charge is -2.38. The summed E-state index contributed by atoms with van der Waals surface area (Å²) >= 11 is 0. The van der Waals surface area contributed by atoms with E-state index >= 15 is 0 Å². The Kier molecular flexibility index (Phi) is 6.53. The van der Waals surface area contributed by atoms with Crippen molar-refractivity contribution in [1.29, 1.82) is 0 Å². The van der Waals surface area contributed by atoms with Gasteiger partial charge in [0.15, 0.2) is 5.78 Å². The molecule has 0 bridgehead atoms. The van der Waals surface area contributed by atoms with Gasteiger partial charge in [-0.05, 0) is 50.3 Å². The molecular formula is C24H29NO6. The van der Waals surface area contributed by atoms with Crippen molar-refractivity contribution in [2.24, 2.45) is 11.8 Å². The van der Waals surface area contributed by atoms with Crippen LogP contribution in [0.2, 0.25) is 0 Å². The predicted molar refractivity (Wildman–Crippen MR) is 114 cm³/mol. The van der Waals surface area contributed by atoms with Crippen molar-refractivity contribution >= 4 is 17.7 Å². The molecule has 0 amide bonds. The summed E-state index contributed by atoms with van der Waals surface area (Å²) in [4.78, 5) is 39.1. The summed E-state index contributed by atoms with van der Waals surface area (Å²) in [5, 5.41) is 13.0.